The molecule has 0 bridgehead atoms. The van der Waals surface area contributed by atoms with Crippen LogP contribution >= 0.6 is 24.0 Å². The third-order valence-corrected chi connectivity index (χ3v) is 9.13. The normalized spacial score (nSPS) is 16.3. The molecule has 1 aromatic heterocycles. The molecular weight excluding hydrogens is 623 g/mol. The molecule has 2 saturated heterocycles. The fourth-order valence-electron chi connectivity index (χ4n) is 5.29. The number of fused-ring (bicyclic) bond motifs is 1. The lowest BCUT2D eigenvalue weighted by molar-refractivity contribution is -0.122. The predicted octanol–water partition coefficient (Wildman–Crippen LogP) is 5.98. The first-order chi connectivity index (χ1) is 22.4. The lowest BCUT2D eigenvalue weighted by Crippen LogP contribution is -2.38. The van der Waals surface area contributed by atoms with Gasteiger partial charge in [-0.3, -0.25) is 19.6 Å². The molecule has 6 rings (SSSR count). The summed E-state index contributed by atoms with van der Waals surface area (Å²) in [6.45, 7) is 5.45. The Morgan fingerprint density at radius 2 is 1.83 bits per heavy atom. The van der Waals surface area contributed by atoms with Crippen molar-refractivity contribution in [1.82, 2.24) is 14.8 Å². The van der Waals surface area contributed by atoms with Crippen LogP contribution in [0, 0.1) is 0 Å². The van der Waals surface area contributed by atoms with Crippen molar-refractivity contribution < 1.29 is 28.9 Å². The van der Waals surface area contributed by atoms with Crippen LogP contribution in [0.15, 0.2) is 83.9 Å². The lowest BCUT2D eigenvalue weighted by atomic mass is 9.99. The molecule has 0 radical (unpaired) electrons. The van der Waals surface area contributed by atoms with Crippen LogP contribution in [-0.2, 0) is 9.53 Å². The number of thioether (sulfide) groups is 1. The molecule has 2 aliphatic rings. The highest BCUT2D eigenvalue weighted by Crippen LogP contribution is 2.36. The van der Waals surface area contributed by atoms with Crippen molar-refractivity contribution in [3.63, 3.8) is 0 Å². The van der Waals surface area contributed by atoms with Crippen molar-refractivity contribution in [3.05, 3.63) is 95.0 Å². The molecule has 46 heavy (non-hydrogen) atoms. The van der Waals surface area contributed by atoms with Gasteiger partial charge in [0.25, 0.3) is 5.91 Å². The van der Waals surface area contributed by atoms with E-state index in [1.54, 1.807) is 23.2 Å². The molecule has 1 N–H and O–H groups in total. The molecule has 3 heterocycles. The van der Waals surface area contributed by atoms with Gasteiger partial charge in [-0.1, -0.05) is 42.2 Å². The minimum atomic E-state index is -0.986. The second-order valence-electron chi connectivity index (χ2n) is 10.8. The van der Waals surface area contributed by atoms with E-state index in [-0.39, 0.29) is 11.5 Å². The Balaban J connectivity index is 1.15. The van der Waals surface area contributed by atoms with Crippen LogP contribution < -0.4 is 9.47 Å². The number of benzene rings is 3. The van der Waals surface area contributed by atoms with Crippen LogP contribution in [0.4, 0.5) is 0 Å². The molecule has 2 aliphatic heterocycles. The van der Waals surface area contributed by atoms with Crippen molar-refractivity contribution in [2.75, 3.05) is 52.6 Å². The third-order valence-electron chi connectivity index (χ3n) is 7.75. The minimum absolute atomic E-state index is 0.134. The summed E-state index contributed by atoms with van der Waals surface area (Å²) in [5.41, 5.74) is 3.93. The van der Waals surface area contributed by atoms with Crippen LogP contribution in [-0.4, -0.2) is 88.7 Å². The summed E-state index contributed by atoms with van der Waals surface area (Å²) in [5.74, 6) is 0.228. The highest BCUT2D eigenvalue weighted by molar-refractivity contribution is 8.26. The molecule has 1 amide bonds. The van der Waals surface area contributed by atoms with E-state index in [2.05, 4.69) is 22.0 Å². The maximum atomic E-state index is 13.4. The molecule has 9 nitrogen and oxygen atoms in total. The highest BCUT2D eigenvalue weighted by Gasteiger charge is 2.31. The fraction of sp³-hybridized carbons (Fsp3) is 0.257. The second-order valence-corrected chi connectivity index (χ2v) is 12.5. The predicted molar refractivity (Wildman–Crippen MR) is 183 cm³/mol. The Kier molecular flexibility index (Phi) is 10.2. The average Bonchev–Trinajstić information content (AvgIpc) is 3.34. The number of aromatic carboxylic acids is 1. The number of hydrogen-bond donors (Lipinski definition) is 1. The van der Waals surface area contributed by atoms with E-state index in [1.807, 2.05) is 42.5 Å². The Morgan fingerprint density at radius 1 is 1.00 bits per heavy atom. The van der Waals surface area contributed by atoms with Gasteiger partial charge >= 0.3 is 5.97 Å². The van der Waals surface area contributed by atoms with Gasteiger partial charge in [0.05, 0.1) is 35.8 Å². The van der Waals surface area contributed by atoms with Gasteiger partial charge in [0.1, 0.15) is 22.4 Å². The zero-order valence-electron chi connectivity index (χ0n) is 25.1. The van der Waals surface area contributed by atoms with Crippen molar-refractivity contribution in [3.8, 4) is 22.6 Å². The average molecular weight is 656 g/mol. The molecule has 4 aromatic rings. The number of hydrogen-bond acceptors (Lipinski definition) is 9. The van der Waals surface area contributed by atoms with Gasteiger partial charge in [0.15, 0.2) is 0 Å². The summed E-state index contributed by atoms with van der Waals surface area (Å²) in [6.07, 6.45) is 4.23. The number of carbonyl (C=O) groups is 2. The van der Waals surface area contributed by atoms with Crippen LogP contribution in [0.3, 0.4) is 0 Å². The first-order valence-corrected chi connectivity index (χ1v) is 16.3. The zero-order chi connectivity index (χ0) is 31.9. The van der Waals surface area contributed by atoms with Crippen molar-refractivity contribution in [1.29, 1.82) is 0 Å². The molecule has 2 fully saturated rings. The van der Waals surface area contributed by atoms with E-state index >= 15 is 0 Å². The van der Waals surface area contributed by atoms with Gasteiger partial charge < -0.3 is 19.3 Å². The maximum Gasteiger partial charge on any atom is 0.335 e. The molecule has 11 heteroatoms. The molecule has 0 atom stereocenters. The summed E-state index contributed by atoms with van der Waals surface area (Å²) in [6, 6.07) is 22.4. The van der Waals surface area contributed by atoms with E-state index in [0.717, 1.165) is 66.2 Å². The number of thiocarbonyl (C=S) groups is 1. The van der Waals surface area contributed by atoms with Crippen molar-refractivity contribution in [2.45, 2.75) is 6.42 Å². The number of morpholine rings is 1. The standard InChI is InChI=1S/C35H33N3O6S2/c39-33-32(46-35(45)38(33)13-2-17-43-28-8-5-25(6-9-28)34(40)41)22-24-4-11-31(44-20-16-37-14-18-42-19-15-37)29(21-24)26-7-10-30-27(23-26)3-1-12-36-30/h1,3-12,21-23H,2,13-20H2,(H,40,41). The molecule has 0 spiro atoms. The number of carboxylic acids is 1. The Morgan fingerprint density at radius 3 is 2.63 bits per heavy atom. The smallest absolute Gasteiger partial charge is 0.335 e. The van der Waals surface area contributed by atoms with Gasteiger partial charge in [-0.2, -0.15) is 0 Å². The quantitative estimate of drug-likeness (QED) is 0.111. The lowest BCUT2D eigenvalue weighted by Gasteiger charge is -2.26. The minimum Gasteiger partial charge on any atom is -0.494 e. The first-order valence-electron chi connectivity index (χ1n) is 15.1. The number of carboxylic acid groups (broad SMARTS) is 1. The molecular formula is C35H33N3O6S2. The number of amides is 1. The van der Waals surface area contributed by atoms with Crippen LogP contribution in [0.5, 0.6) is 11.5 Å². The SMILES string of the molecule is O=C(O)c1ccc(OCCCN2C(=O)C(=Cc3ccc(OCCN4CCOCC4)c(-c4ccc5ncccc5c4)c3)SC2=S)cc1. The molecule has 0 aliphatic carbocycles. The molecule has 3 aromatic carbocycles. The monoisotopic (exact) mass is 655 g/mol. The largest absolute Gasteiger partial charge is 0.494 e. The number of pyridine rings is 1. The topological polar surface area (TPSA) is 101 Å². The number of aromatic nitrogens is 1. The number of rotatable bonds is 12. The molecule has 0 unspecified atom stereocenters. The summed E-state index contributed by atoms with van der Waals surface area (Å²) in [7, 11) is 0. The third kappa shape index (κ3) is 7.73. The zero-order valence-corrected chi connectivity index (χ0v) is 26.7. The van der Waals surface area contributed by atoms with E-state index < -0.39 is 5.97 Å². The fourth-order valence-corrected chi connectivity index (χ4v) is 6.60. The van der Waals surface area contributed by atoms with Crippen molar-refractivity contribution >= 4 is 57.2 Å². The maximum absolute atomic E-state index is 13.4. The van der Waals surface area contributed by atoms with E-state index in [9.17, 15) is 9.59 Å². The number of ether oxygens (including phenoxy) is 3. The van der Waals surface area contributed by atoms with Crippen LogP contribution in [0.2, 0.25) is 0 Å². The van der Waals surface area contributed by atoms with Crippen LogP contribution in [0.1, 0.15) is 22.3 Å². The number of carbonyl (C=O) groups excluding carboxylic acids is 1. The summed E-state index contributed by atoms with van der Waals surface area (Å²) in [4.78, 5) is 33.4. The van der Waals surface area contributed by atoms with Gasteiger partial charge in [-0.15, -0.1) is 0 Å². The van der Waals surface area contributed by atoms with Crippen LogP contribution in [0.25, 0.3) is 28.1 Å². The summed E-state index contributed by atoms with van der Waals surface area (Å²) < 4.78 is 18.0. The van der Waals surface area contributed by atoms with Gasteiger partial charge in [-0.05, 0) is 78.2 Å². The van der Waals surface area contributed by atoms with Crippen molar-refractivity contribution in [2.24, 2.45) is 0 Å². The Bertz CT molecular complexity index is 1770. The summed E-state index contributed by atoms with van der Waals surface area (Å²) in [5, 5.41) is 10.1. The second kappa shape index (κ2) is 14.9. The molecule has 236 valence electrons. The Labute approximate surface area is 276 Å². The van der Waals surface area contributed by atoms with E-state index in [1.165, 1.54) is 23.9 Å². The van der Waals surface area contributed by atoms with E-state index in [0.29, 0.717) is 41.2 Å². The van der Waals surface area contributed by atoms with Gasteiger partial charge in [0, 0.05) is 43.3 Å². The highest BCUT2D eigenvalue weighted by atomic mass is 32.2. The van der Waals surface area contributed by atoms with E-state index in [4.69, 9.17) is 31.5 Å². The Hall–Kier alpha value is -4.29. The molecule has 0 saturated carbocycles. The van der Waals surface area contributed by atoms with Gasteiger partial charge in [0.2, 0.25) is 0 Å². The van der Waals surface area contributed by atoms with Gasteiger partial charge in [-0.25, -0.2) is 4.79 Å². The summed E-state index contributed by atoms with van der Waals surface area (Å²) >= 11 is 6.85. The first kappa shape index (κ1) is 31.7. The number of nitrogens with zero attached hydrogens (tertiary/aromatic N) is 3.